The fourth-order valence-corrected chi connectivity index (χ4v) is 2.71. The second kappa shape index (κ2) is 5.49. The minimum atomic E-state index is -3.73. The molecule has 108 valence electrons. The first-order valence-corrected chi connectivity index (χ1v) is 7.11. The van der Waals surface area contributed by atoms with Gasteiger partial charge in [0.05, 0.1) is 12.8 Å². The van der Waals surface area contributed by atoms with Gasteiger partial charge in [-0.15, -0.1) is 0 Å². The molecule has 0 aliphatic heterocycles. The van der Waals surface area contributed by atoms with Crippen LogP contribution in [0, 0.1) is 0 Å². The van der Waals surface area contributed by atoms with E-state index in [2.05, 4.69) is 4.72 Å². The van der Waals surface area contributed by atoms with Crippen LogP contribution in [0.15, 0.2) is 40.0 Å². The lowest BCUT2D eigenvalue weighted by atomic mass is 10.4. The number of carbonyl (C=O) groups is 1. The quantitative estimate of drug-likeness (QED) is 0.398. The third-order valence-corrected chi connectivity index (χ3v) is 4.04. The van der Waals surface area contributed by atoms with Crippen LogP contribution in [-0.4, -0.2) is 18.9 Å². The molecule has 2 rings (SSSR count). The molecule has 0 aliphatic carbocycles. The maximum absolute atomic E-state index is 12.1. The molecular formula is C11H14N4O4S. The molecule has 0 atom stereocenters. The van der Waals surface area contributed by atoms with Gasteiger partial charge in [-0.05, 0) is 18.2 Å². The number of nitrogens with zero attached hydrogens (tertiary/aromatic N) is 1. The number of aromatic nitrogens is 1. The Bertz CT molecular complexity index is 703. The normalized spacial score (nSPS) is 11.5. The molecule has 8 nitrogen and oxygen atoms in total. The van der Waals surface area contributed by atoms with Gasteiger partial charge in [0.15, 0.2) is 0 Å². The van der Waals surface area contributed by atoms with Crippen molar-refractivity contribution in [3.63, 3.8) is 0 Å². The summed E-state index contributed by atoms with van der Waals surface area (Å²) < 4.78 is 32.9. The zero-order valence-electron chi connectivity index (χ0n) is 10.7. The van der Waals surface area contributed by atoms with E-state index in [1.54, 1.807) is 19.2 Å². The number of carbonyl (C=O) groups excluding carboxylic acids is 1. The number of furan rings is 1. The van der Waals surface area contributed by atoms with Gasteiger partial charge >= 0.3 is 0 Å². The number of nitrogen functional groups attached to an aromatic ring is 1. The summed E-state index contributed by atoms with van der Waals surface area (Å²) in [5, 5.41) is 0. The summed E-state index contributed by atoms with van der Waals surface area (Å²) in [5.74, 6) is 4.94. The lowest BCUT2D eigenvalue weighted by molar-refractivity contribution is 0.0945. The second-order valence-corrected chi connectivity index (χ2v) is 5.82. The monoisotopic (exact) mass is 298 g/mol. The van der Waals surface area contributed by atoms with Gasteiger partial charge in [-0.1, -0.05) is 0 Å². The molecule has 9 heteroatoms. The van der Waals surface area contributed by atoms with Crippen molar-refractivity contribution >= 4 is 15.9 Å². The number of aryl methyl sites for hydroxylation is 1. The van der Waals surface area contributed by atoms with Gasteiger partial charge in [-0.3, -0.25) is 10.2 Å². The van der Waals surface area contributed by atoms with Gasteiger partial charge in [-0.2, -0.15) is 0 Å². The number of nitrogens with two attached hydrogens (primary N) is 1. The van der Waals surface area contributed by atoms with Crippen LogP contribution in [0.4, 0.5) is 0 Å². The molecule has 0 fully saturated rings. The molecular weight excluding hydrogens is 284 g/mol. The van der Waals surface area contributed by atoms with Crippen molar-refractivity contribution < 1.29 is 17.6 Å². The van der Waals surface area contributed by atoms with E-state index in [-0.39, 0.29) is 17.1 Å². The van der Waals surface area contributed by atoms with Crippen LogP contribution >= 0.6 is 0 Å². The molecule has 2 heterocycles. The molecule has 0 aliphatic rings. The molecule has 4 N–H and O–H groups in total. The molecule has 0 radical (unpaired) electrons. The van der Waals surface area contributed by atoms with Gasteiger partial charge in [0.2, 0.25) is 10.0 Å². The summed E-state index contributed by atoms with van der Waals surface area (Å²) in [5.41, 5.74) is 2.10. The minimum Gasteiger partial charge on any atom is -0.468 e. The highest BCUT2D eigenvalue weighted by Crippen LogP contribution is 2.14. The Morgan fingerprint density at radius 1 is 1.50 bits per heavy atom. The minimum absolute atomic E-state index is 0.0230. The third kappa shape index (κ3) is 2.90. The zero-order valence-corrected chi connectivity index (χ0v) is 11.5. The van der Waals surface area contributed by atoms with Crippen LogP contribution in [0.3, 0.4) is 0 Å². The van der Waals surface area contributed by atoms with E-state index in [9.17, 15) is 13.2 Å². The maximum Gasteiger partial charge on any atom is 0.281 e. The summed E-state index contributed by atoms with van der Waals surface area (Å²) >= 11 is 0. The van der Waals surface area contributed by atoms with E-state index in [0.29, 0.717) is 5.76 Å². The first-order valence-electron chi connectivity index (χ1n) is 5.63. The van der Waals surface area contributed by atoms with E-state index in [0.717, 1.165) is 0 Å². The summed E-state index contributed by atoms with van der Waals surface area (Å²) in [6, 6.07) is 4.56. The fraction of sp³-hybridized carbons (Fsp3) is 0.182. The first kappa shape index (κ1) is 14.3. The standard InChI is InChI=1S/C11H14N4O4S/c1-15-7-9(5-10(15)11(16)14-12)20(17,18)13-6-8-3-2-4-19-8/h2-5,7,13H,6,12H2,1H3,(H,14,16). The van der Waals surface area contributed by atoms with Gasteiger partial charge in [0.1, 0.15) is 16.3 Å². The molecule has 20 heavy (non-hydrogen) atoms. The van der Waals surface area contributed by atoms with Gasteiger partial charge in [0, 0.05) is 13.2 Å². The van der Waals surface area contributed by atoms with Gasteiger partial charge in [-0.25, -0.2) is 19.0 Å². The van der Waals surface area contributed by atoms with Gasteiger partial charge < -0.3 is 8.98 Å². The largest absolute Gasteiger partial charge is 0.468 e. The number of hydrogen-bond acceptors (Lipinski definition) is 5. The Kier molecular flexibility index (Phi) is 3.93. The van der Waals surface area contributed by atoms with Crippen LogP contribution in [0.25, 0.3) is 0 Å². The van der Waals surface area contributed by atoms with Crippen LogP contribution in [-0.2, 0) is 23.6 Å². The molecule has 2 aromatic heterocycles. The number of nitrogens with one attached hydrogen (secondary N) is 2. The Balaban J connectivity index is 2.19. The highest BCUT2D eigenvalue weighted by Gasteiger charge is 2.20. The summed E-state index contributed by atoms with van der Waals surface area (Å²) in [6.45, 7) is 0.0304. The molecule has 0 saturated heterocycles. The Morgan fingerprint density at radius 3 is 2.85 bits per heavy atom. The molecule has 0 saturated carbocycles. The van der Waals surface area contributed by atoms with E-state index >= 15 is 0 Å². The van der Waals surface area contributed by atoms with Crippen molar-refractivity contribution in [2.24, 2.45) is 12.9 Å². The van der Waals surface area contributed by atoms with E-state index in [1.165, 1.54) is 23.1 Å². The predicted octanol–water partition coefficient (Wildman–Crippen LogP) is -0.300. The Morgan fingerprint density at radius 2 is 2.25 bits per heavy atom. The highest BCUT2D eigenvalue weighted by atomic mass is 32.2. The maximum atomic E-state index is 12.1. The van der Waals surface area contributed by atoms with Crippen molar-refractivity contribution in [3.05, 3.63) is 42.1 Å². The Hall–Kier alpha value is -2.10. The topological polar surface area (TPSA) is 119 Å². The number of sulfonamides is 1. The summed E-state index contributed by atoms with van der Waals surface area (Å²) in [7, 11) is -2.18. The van der Waals surface area contributed by atoms with E-state index < -0.39 is 15.9 Å². The number of hydrogen-bond donors (Lipinski definition) is 3. The summed E-state index contributed by atoms with van der Waals surface area (Å²) in [6.07, 6.45) is 2.78. The second-order valence-electron chi connectivity index (χ2n) is 4.05. The average Bonchev–Trinajstić information content (AvgIpc) is 3.05. The van der Waals surface area contributed by atoms with Crippen molar-refractivity contribution in [2.75, 3.05) is 0 Å². The highest BCUT2D eigenvalue weighted by molar-refractivity contribution is 7.89. The lowest BCUT2D eigenvalue weighted by Crippen LogP contribution is -2.31. The van der Waals surface area contributed by atoms with Crippen LogP contribution in [0.1, 0.15) is 16.2 Å². The molecule has 0 bridgehead atoms. The van der Waals surface area contributed by atoms with Crippen LogP contribution in [0.2, 0.25) is 0 Å². The number of hydrazine groups is 1. The fourth-order valence-electron chi connectivity index (χ4n) is 1.64. The molecule has 0 aromatic carbocycles. The van der Waals surface area contributed by atoms with E-state index in [1.807, 2.05) is 5.43 Å². The van der Waals surface area contributed by atoms with Crippen molar-refractivity contribution in [3.8, 4) is 0 Å². The molecule has 2 aromatic rings. The van der Waals surface area contributed by atoms with Crippen molar-refractivity contribution in [1.82, 2.24) is 14.7 Å². The SMILES string of the molecule is Cn1cc(S(=O)(=O)NCc2ccco2)cc1C(=O)NN. The van der Waals surface area contributed by atoms with Crippen LogP contribution in [0.5, 0.6) is 0 Å². The number of amides is 1. The number of rotatable bonds is 5. The predicted molar refractivity (Wildman–Crippen MR) is 69.8 cm³/mol. The summed E-state index contributed by atoms with van der Waals surface area (Å²) in [4.78, 5) is 11.4. The van der Waals surface area contributed by atoms with Crippen molar-refractivity contribution in [1.29, 1.82) is 0 Å². The first-order chi connectivity index (χ1) is 9.44. The third-order valence-electron chi connectivity index (χ3n) is 2.67. The lowest BCUT2D eigenvalue weighted by Gasteiger charge is -2.02. The molecule has 1 amide bonds. The molecule has 0 unspecified atom stereocenters. The zero-order chi connectivity index (χ0) is 14.8. The smallest absolute Gasteiger partial charge is 0.281 e. The average molecular weight is 298 g/mol. The van der Waals surface area contributed by atoms with Crippen LogP contribution < -0.4 is 16.0 Å². The van der Waals surface area contributed by atoms with Crippen molar-refractivity contribution in [2.45, 2.75) is 11.4 Å². The van der Waals surface area contributed by atoms with Gasteiger partial charge in [0.25, 0.3) is 5.91 Å². The molecule has 0 spiro atoms. The Labute approximate surface area is 115 Å². The van der Waals surface area contributed by atoms with E-state index in [4.69, 9.17) is 10.3 Å².